The van der Waals surface area contributed by atoms with Gasteiger partial charge in [-0.15, -0.1) is 0 Å². The molecule has 1 amide bonds. The van der Waals surface area contributed by atoms with Crippen LogP contribution >= 0.6 is 0 Å². The number of rotatable bonds is 7. The van der Waals surface area contributed by atoms with E-state index in [4.69, 9.17) is 0 Å². The number of sulfonamides is 1. The molecule has 0 aromatic heterocycles. The van der Waals surface area contributed by atoms with Crippen molar-refractivity contribution in [2.75, 3.05) is 33.7 Å². The van der Waals surface area contributed by atoms with E-state index >= 15 is 0 Å². The standard InChI is InChI=1S/C18H29N3O3S/c1-4-10-19-18(22)16-8-11-21(12-9-16)14-15-6-5-7-17(13-15)25(23,24)20(2)3/h5-7,13,16H,4,8-12,14H2,1-3H3,(H,19,22). The largest absolute Gasteiger partial charge is 0.356 e. The predicted molar refractivity (Wildman–Crippen MR) is 98.6 cm³/mol. The molecule has 1 aromatic carbocycles. The van der Waals surface area contributed by atoms with Gasteiger partial charge in [0.25, 0.3) is 0 Å². The number of carbonyl (C=O) groups is 1. The second-order valence-electron chi connectivity index (χ2n) is 6.78. The third-order valence-electron chi connectivity index (χ3n) is 4.59. The minimum absolute atomic E-state index is 0.100. The maximum Gasteiger partial charge on any atom is 0.242 e. The topological polar surface area (TPSA) is 69.7 Å². The van der Waals surface area contributed by atoms with Crippen LogP contribution in [0.25, 0.3) is 0 Å². The van der Waals surface area contributed by atoms with E-state index in [2.05, 4.69) is 10.2 Å². The summed E-state index contributed by atoms with van der Waals surface area (Å²) in [6.07, 6.45) is 2.66. The van der Waals surface area contributed by atoms with Crippen LogP contribution in [0.2, 0.25) is 0 Å². The summed E-state index contributed by atoms with van der Waals surface area (Å²) in [5.74, 6) is 0.267. The van der Waals surface area contributed by atoms with Crippen molar-refractivity contribution in [3.05, 3.63) is 29.8 Å². The molecule has 0 spiro atoms. The van der Waals surface area contributed by atoms with E-state index in [1.165, 1.54) is 18.4 Å². The predicted octanol–water partition coefficient (Wildman–Crippen LogP) is 1.68. The maximum atomic E-state index is 12.2. The third-order valence-corrected chi connectivity index (χ3v) is 6.40. The molecular weight excluding hydrogens is 338 g/mol. The summed E-state index contributed by atoms with van der Waals surface area (Å²) >= 11 is 0. The number of amides is 1. The third kappa shape index (κ3) is 5.26. The Bertz CT molecular complexity index is 681. The van der Waals surface area contributed by atoms with E-state index in [-0.39, 0.29) is 11.8 Å². The van der Waals surface area contributed by atoms with Gasteiger partial charge in [-0.2, -0.15) is 0 Å². The molecule has 7 heteroatoms. The fourth-order valence-electron chi connectivity index (χ4n) is 3.02. The number of likely N-dealkylation sites (tertiary alicyclic amines) is 1. The van der Waals surface area contributed by atoms with Gasteiger partial charge in [0.05, 0.1) is 4.90 Å². The van der Waals surface area contributed by atoms with Gasteiger partial charge < -0.3 is 5.32 Å². The first-order chi connectivity index (χ1) is 11.8. The number of benzene rings is 1. The number of carbonyl (C=O) groups excluding carboxylic acids is 1. The van der Waals surface area contributed by atoms with Crippen molar-refractivity contribution in [1.29, 1.82) is 0 Å². The van der Waals surface area contributed by atoms with Crippen LogP contribution in [0.4, 0.5) is 0 Å². The summed E-state index contributed by atoms with van der Waals surface area (Å²) in [7, 11) is -0.331. The summed E-state index contributed by atoms with van der Waals surface area (Å²) < 4.78 is 25.7. The fourth-order valence-corrected chi connectivity index (χ4v) is 3.99. The molecule has 140 valence electrons. The van der Waals surface area contributed by atoms with Gasteiger partial charge in [0.15, 0.2) is 0 Å². The number of hydrogen-bond donors (Lipinski definition) is 1. The molecule has 1 saturated heterocycles. The van der Waals surface area contributed by atoms with Gasteiger partial charge in [-0.3, -0.25) is 9.69 Å². The molecule has 1 heterocycles. The van der Waals surface area contributed by atoms with Crippen molar-refractivity contribution in [2.24, 2.45) is 5.92 Å². The molecule has 1 aliphatic rings. The van der Waals surface area contributed by atoms with Crippen LogP contribution in [0, 0.1) is 5.92 Å². The lowest BCUT2D eigenvalue weighted by molar-refractivity contribution is -0.126. The van der Waals surface area contributed by atoms with E-state index in [1.54, 1.807) is 18.2 Å². The molecule has 1 aromatic rings. The van der Waals surface area contributed by atoms with Gasteiger partial charge in [-0.25, -0.2) is 12.7 Å². The lowest BCUT2D eigenvalue weighted by atomic mass is 9.95. The van der Waals surface area contributed by atoms with Gasteiger partial charge in [0, 0.05) is 33.1 Å². The molecule has 2 rings (SSSR count). The first-order valence-corrected chi connectivity index (χ1v) is 10.3. The zero-order valence-corrected chi connectivity index (χ0v) is 16.2. The SMILES string of the molecule is CCCNC(=O)C1CCN(Cc2cccc(S(=O)(=O)N(C)C)c2)CC1. The van der Waals surface area contributed by atoms with Gasteiger partial charge in [-0.1, -0.05) is 19.1 Å². The molecule has 0 radical (unpaired) electrons. The van der Waals surface area contributed by atoms with Crippen LogP contribution in [0.5, 0.6) is 0 Å². The molecule has 1 aliphatic heterocycles. The monoisotopic (exact) mass is 367 g/mol. The Hall–Kier alpha value is -1.44. The van der Waals surface area contributed by atoms with E-state index < -0.39 is 10.0 Å². The Morgan fingerprint density at radius 1 is 1.28 bits per heavy atom. The van der Waals surface area contributed by atoms with Crippen molar-refractivity contribution < 1.29 is 13.2 Å². The van der Waals surface area contributed by atoms with E-state index in [9.17, 15) is 13.2 Å². The Morgan fingerprint density at radius 3 is 2.56 bits per heavy atom. The Balaban J connectivity index is 1.93. The van der Waals surface area contributed by atoms with Gasteiger partial charge in [-0.05, 0) is 50.0 Å². The van der Waals surface area contributed by atoms with Crippen molar-refractivity contribution in [2.45, 2.75) is 37.6 Å². The van der Waals surface area contributed by atoms with E-state index in [0.29, 0.717) is 11.4 Å². The Labute approximate surface area is 151 Å². The summed E-state index contributed by atoms with van der Waals surface area (Å²) in [6.45, 7) is 5.21. The molecule has 0 saturated carbocycles. The van der Waals surface area contributed by atoms with Crippen molar-refractivity contribution >= 4 is 15.9 Å². The Kier molecular flexibility index (Phi) is 6.98. The van der Waals surface area contributed by atoms with Gasteiger partial charge in [0.2, 0.25) is 15.9 Å². The molecule has 6 nitrogen and oxygen atoms in total. The molecule has 0 atom stereocenters. The number of nitrogens with zero attached hydrogens (tertiary/aromatic N) is 2. The summed E-state index contributed by atoms with van der Waals surface area (Å²) in [4.78, 5) is 14.6. The zero-order chi connectivity index (χ0) is 18.4. The molecule has 1 fully saturated rings. The van der Waals surface area contributed by atoms with Crippen molar-refractivity contribution in [1.82, 2.24) is 14.5 Å². The van der Waals surface area contributed by atoms with E-state index in [1.807, 2.05) is 13.0 Å². The highest BCUT2D eigenvalue weighted by Gasteiger charge is 2.25. The van der Waals surface area contributed by atoms with Crippen LogP contribution in [0.15, 0.2) is 29.2 Å². The second-order valence-corrected chi connectivity index (χ2v) is 8.93. The van der Waals surface area contributed by atoms with Crippen LogP contribution in [-0.2, 0) is 21.4 Å². The first kappa shape index (κ1) is 19.9. The molecule has 0 bridgehead atoms. The molecule has 1 N–H and O–H groups in total. The highest BCUT2D eigenvalue weighted by atomic mass is 32.2. The lowest BCUT2D eigenvalue weighted by Crippen LogP contribution is -2.40. The highest BCUT2D eigenvalue weighted by Crippen LogP contribution is 2.21. The minimum atomic E-state index is -3.41. The minimum Gasteiger partial charge on any atom is -0.356 e. The summed E-state index contributed by atoms with van der Waals surface area (Å²) in [6, 6.07) is 7.11. The van der Waals surface area contributed by atoms with Crippen LogP contribution in [0.1, 0.15) is 31.7 Å². The first-order valence-electron chi connectivity index (χ1n) is 8.86. The highest BCUT2D eigenvalue weighted by molar-refractivity contribution is 7.89. The fraction of sp³-hybridized carbons (Fsp3) is 0.611. The second kappa shape index (κ2) is 8.78. The smallest absolute Gasteiger partial charge is 0.242 e. The molecule has 0 aliphatic carbocycles. The number of piperidine rings is 1. The number of nitrogens with one attached hydrogen (secondary N) is 1. The van der Waals surface area contributed by atoms with Crippen LogP contribution in [-0.4, -0.2) is 57.3 Å². The summed E-state index contributed by atoms with van der Waals surface area (Å²) in [5, 5.41) is 2.97. The molecule has 25 heavy (non-hydrogen) atoms. The van der Waals surface area contributed by atoms with Crippen molar-refractivity contribution in [3.8, 4) is 0 Å². The molecular formula is C18H29N3O3S. The number of hydrogen-bond acceptors (Lipinski definition) is 4. The molecule has 0 unspecified atom stereocenters. The Morgan fingerprint density at radius 2 is 1.96 bits per heavy atom. The van der Waals surface area contributed by atoms with Gasteiger partial charge >= 0.3 is 0 Å². The normalized spacial score (nSPS) is 17.0. The van der Waals surface area contributed by atoms with Crippen molar-refractivity contribution in [3.63, 3.8) is 0 Å². The van der Waals surface area contributed by atoms with Crippen LogP contribution < -0.4 is 5.32 Å². The quantitative estimate of drug-likeness (QED) is 0.796. The maximum absolute atomic E-state index is 12.2. The average Bonchev–Trinajstić information content (AvgIpc) is 2.60. The summed E-state index contributed by atoms with van der Waals surface area (Å²) in [5.41, 5.74) is 0.983. The lowest BCUT2D eigenvalue weighted by Gasteiger charge is -2.31. The zero-order valence-electron chi connectivity index (χ0n) is 15.4. The van der Waals surface area contributed by atoms with Crippen LogP contribution in [0.3, 0.4) is 0 Å². The van der Waals surface area contributed by atoms with Gasteiger partial charge in [0.1, 0.15) is 0 Å². The average molecular weight is 368 g/mol. The van der Waals surface area contributed by atoms with E-state index in [0.717, 1.165) is 44.5 Å².